The molecule has 1 N–H and O–H groups in total. The first-order valence-electron chi connectivity index (χ1n) is 8.04. The van der Waals surface area contributed by atoms with E-state index in [-0.39, 0.29) is 17.8 Å². The van der Waals surface area contributed by atoms with Gasteiger partial charge < -0.3 is 19.5 Å². The van der Waals surface area contributed by atoms with Gasteiger partial charge in [0.05, 0.1) is 7.11 Å². The first-order valence-corrected chi connectivity index (χ1v) is 8.04. The molecule has 2 unspecified atom stereocenters. The zero-order valence-electron chi connectivity index (χ0n) is 13.6. The second kappa shape index (κ2) is 6.62. The van der Waals surface area contributed by atoms with E-state index >= 15 is 0 Å². The Morgan fingerprint density at radius 2 is 2.00 bits per heavy atom. The van der Waals surface area contributed by atoms with Crippen LogP contribution in [0.3, 0.4) is 0 Å². The van der Waals surface area contributed by atoms with Crippen molar-refractivity contribution in [2.75, 3.05) is 14.2 Å². The SMILES string of the molecule is COc1ccc(C=CC(=O)OC2CC3CCC(C2)N3C)cc1O. The molecule has 0 aromatic heterocycles. The highest BCUT2D eigenvalue weighted by molar-refractivity contribution is 5.87. The number of rotatable bonds is 4. The molecular weight excluding hydrogens is 294 g/mol. The van der Waals surface area contributed by atoms with Gasteiger partial charge in [0.1, 0.15) is 6.10 Å². The van der Waals surface area contributed by atoms with E-state index in [1.165, 1.54) is 26.0 Å². The number of carbonyl (C=O) groups excluding carboxylic acids is 1. The Labute approximate surface area is 136 Å². The van der Waals surface area contributed by atoms with E-state index in [2.05, 4.69) is 11.9 Å². The largest absolute Gasteiger partial charge is 0.504 e. The molecule has 124 valence electrons. The number of piperidine rings is 1. The third-order valence-electron chi connectivity index (χ3n) is 4.95. The van der Waals surface area contributed by atoms with Gasteiger partial charge in [-0.3, -0.25) is 0 Å². The standard InChI is InChI=1S/C18H23NO4/c1-19-13-5-6-14(19)11-15(10-13)23-18(21)8-4-12-3-7-17(22-2)16(20)9-12/h3-4,7-9,13-15,20H,5-6,10-11H2,1-2H3. The first kappa shape index (κ1) is 15.9. The van der Waals surface area contributed by atoms with Crippen LogP contribution in [-0.4, -0.2) is 48.3 Å². The lowest BCUT2D eigenvalue weighted by molar-refractivity contribution is -0.146. The number of phenolic OH excluding ortho intramolecular Hbond substituents is 1. The van der Waals surface area contributed by atoms with Gasteiger partial charge in [0, 0.05) is 31.0 Å². The molecule has 2 fully saturated rings. The maximum Gasteiger partial charge on any atom is 0.331 e. The molecule has 5 heteroatoms. The van der Waals surface area contributed by atoms with E-state index < -0.39 is 0 Å². The van der Waals surface area contributed by atoms with Crippen LogP contribution in [0, 0.1) is 0 Å². The summed E-state index contributed by atoms with van der Waals surface area (Å²) in [4.78, 5) is 14.4. The molecule has 3 rings (SSSR count). The molecule has 0 spiro atoms. The molecule has 2 aliphatic heterocycles. The molecule has 23 heavy (non-hydrogen) atoms. The van der Waals surface area contributed by atoms with Crippen LogP contribution in [0.4, 0.5) is 0 Å². The summed E-state index contributed by atoms with van der Waals surface area (Å²) in [5.41, 5.74) is 0.726. The summed E-state index contributed by atoms with van der Waals surface area (Å²) in [5, 5.41) is 9.73. The summed E-state index contributed by atoms with van der Waals surface area (Å²) >= 11 is 0. The second-order valence-corrected chi connectivity index (χ2v) is 6.35. The number of phenols is 1. The fourth-order valence-corrected chi connectivity index (χ4v) is 3.64. The summed E-state index contributed by atoms with van der Waals surface area (Å²) in [6, 6.07) is 6.09. The first-order chi connectivity index (χ1) is 11.1. The second-order valence-electron chi connectivity index (χ2n) is 6.35. The minimum absolute atomic E-state index is 0.0186. The Morgan fingerprint density at radius 3 is 2.61 bits per heavy atom. The number of hydrogen-bond acceptors (Lipinski definition) is 5. The number of fused-ring (bicyclic) bond motifs is 2. The van der Waals surface area contributed by atoms with Crippen LogP contribution >= 0.6 is 0 Å². The van der Waals surface area contributed by atoms with Gasteiger partial charge in [0.25, 0.3) is 0 Å². The van der Waals surface area contributed by atoms with Gasteiger partial charge in [-0.05, 0) is 43.7 Å². The van der Waals surface area contributed by atoms with E-state index in [0.29, 0.717) is 17.8 Å². The zero-order valence-corrected chi connectivity index (χ0v) is 13.6. The van der Waals surface area contributed by atoms with Crippen molar-refractivity contribution < 1.29 is 19.4 Å². The van der Waals surface area contributed by atoms with Crippen LogP contribution in [-0.2, 0) is 9.53 Å². The fraction of sp³-hybridized carbons (Fsp3) is 0.500. The highest BCUT2D eigenvalue weighted by atomic mass is 16.5. The summed E-state index contributed by atoms with van der Waals surface area (Å²) < 4.78 is 10.6. The van der Waals surface area contributed by atoms with Crippen molar-refractivity contribution in [2.24, 2.45) is 0 Å². The monoisotopic (exact) mass is 317 g/mol. The van der Waals surface area contributed by atoms with Crippen LogP contribution < -0.4 is 4.74 Å². The number of carbonyl (C=O) groups is 1. The lowest BCUT2D eigenvalue weighted by atomic mass is 10.0. The summed E-state index contributed by atoms with van der Waals surface area (Å²) in [5.74, 6) is 0.135. The molecule has 1 aromatic rings. The molecule has 0 saturated carbocycles. The Hall–Kier alpha value is -2.01. The van der Waals surface area contributed by atoms with Crippen molar-refractivity contribution in [1.82, 2.24) is 4.90 Å². The molecule has 0 amide bonds. The van der Waals surface area contributed by atoms with Gasteiger partial charge >= 0.3 is 5.97 Å². The number of esters is 1. The summed E-state index contributed by atoms with van der Waals surface area (Å²) in [7, 11) is 3.66. The van der Waals surface area contributed by atoms with Crippen molar-refractivity contribution in [1.29, 1.82) is 0 Å². The molecule has 5 nitrogen and oxygen atoms in total. The highest BCUT2D eigenvalue weighted by Crippen LogP contribution is 2.35. The number of aromatic hydroxyl groups is 1. The molecule has 2 atom stereocenters. The lowest BCUT2D eigenvalue weighted by Gasteiger charge is -2.35. The molecular formula is C18H23NO4. The topological polar surface area (TPSA) is 59.0 Å². The molecule has 2 aliphatic rings. The van der Waals surface area contributed by atoms with Crippen molar-refractivity contribution in [3.63, 3.8) is 0 Å². The summed E-state index contributed by atoms with van der Waals surface area (Å²) in [6.07, 6.45) is 7.34. The average molecular weight is 317 g/mol. The maximum atomic E-state index is 12.0. The predicted molar refractivity (Wildman–Crippen MR) is 87.4 cm³/mol. The Bertz CT molecular complexity index is 599. The third-order valence-corrected chi connectivity index (χ3v) is 4.95. The number of methoxy groups -OCH3 is 1. The number of benzene rings is 1. The minimum atomic E-state index is -0.325. The molecule has 1 aromatic carbocycles. The van der Waals surface area contributed by atoms with Crippen LogP contribution in [0.2, 0.25) is 0 Å². The molecule has 2 bridgehead atoms. The van der Waals surface area contributed by atoms with Crippen LogP contribution in [0.15, 0.2) is 24.3 Å². The van der Waals surface area contributed by atoms with Crippen LogP contribution in [0.25, 0.3) is 6.08 Å². The van der Waals surface area contributed by atoms with Crippen molar-refractivity contribution in [3.8, 4) is 11.5 Å². The minimum Gasteiger partial charge on any atom is -0.504 e. The number of nitrogens with zero attached hydrogens (tertiary/aromatic N) is 1. The molecule has 0 radical (unpaired) electrons. The average Bonchev–Trinajstić information content (AvgIpc) is 2.74. The summed E-state index contributed by atoms with van der Waals surface area (Å²) in [6.45, 7) is 0. The molecule has 0 aliphatic carbocycles. The van der Waals surface area contributed by atoms with Crippen molar-refractivity contribution in [3.05, 3.63) is 29.8 Å². The van der Waals surface area contributed by atoms with Gasteiger partial charge in [-0.25, -0.2) is 4.79 Å². The van der Waals surface area contributed by atoms with Gasteiger partial charge in [-0.15, -0.1) is 0 Å². The van der Waals surface area contributed by atoms with Crippen molar-refractivity contribution in [2.45, 2.75) is 43.9 Å². The van der Waals surface area contributed by atoms with Gasteiger partial charge in [-0.2, -0.15) is 0 Å². The quantitative estimate of drug-likeness (QED) is 0.683. The van der Waals surface area contributed by atoms with E-state index in [1.807, 2.05) is 0 Å². The molecule has 2 saturated heterocycles. The fourth-order valence-electron chi connectivity index (χ4n) is 3.64. The maximum absolute atomic E-state index is 12.0. The van der Waals surface area contributed by atoms with E-state index in [4.69, 9.17) is 9.47 Å². The highest BCUT2D eigenvalue weighted by Gasteiger charge is 2.39. The predicted octanol–water partition coefficient (Wildman–Crippen LogP) is 2.58. The van der Waals surface area contributed by atoms with Crippen molar-refractivity contribution >= 4 is 12.0 Å². The van der Waals surface area contributed by atoms with Crippen LogP contribution in [0.1, 0.15) is 31.2 Å². The Morgan fingerprint density at radius 1 is 1.30 bits per heavy atom. The number of hydrogen-bond donors (Lipinski definition) is 1. The lowest BCUT2D eigenvalue weighted by Crippen LogP contribution is -2.43. The van der Waals surface area contributed by atoms with Crippen LogP contribution in [0.5, 0.6) is 11.5 Å². The Balaban J connectivity index is 1.56. The van der Waals surface area contributed by atoms with E-state index in [1.54, 1.807) is 24.3 Å². The zero-order chi connectivity index (χ0) is 16.4. The van der Waals surface area contributed by atoms with Gasteiger partial charge in [0.15, 0.2) is 11.5 Å². The number of ether oxygens (including phenoxy) is 2. The Kier molecular flexibility index (Phi) is 4.57. The normalized spacial score (nSPS) is 27.3. The third kappa shape index (κ3) is 3.50. The van der Waals surface area contributed by atoms with E-state index in [9.17, 15) is 9.90 Å². The van der Waals surface area contributed by atoms with E-state index in [0.717, 1.165) is 18.4 Å². The van der Waals surface area contributed by atoms with Gasteiger partial charge in [0.2, 0.25) is 0 Å². The van der Waals surface area contributed by atoms with Gasteiger partial charge in [-0.1, -0.05) is 6.07 Å². The molecule has 2 heterocycles. The smallest absolute Gasteiger partial charge is 0.331 e.